The molecule has 1 aromatic carbocycles. The van der Waals surface area contributed by atoms with E-state index in [2.05, 4.69) is 30.1 Å². The first kappa shape index (κ1) is 17.3. The van der Waals surface area contributed by atoms with Crippen LogP contribution in [0.4, 0.5) is 0 Å². The van der Waals surface area contributed by atoms with Crippen molar-refractivity contribution in [1.29, 1.82) is 0 Å². The molecule has 0 aliphatic carbocycles. The van der Waals surface area contributed by atoms with Gasteiger partial charge in [-0.05, 0) is 38.8 Å². The molecular weight excluding hydrogens is 276 g/mol. The largest absolute Gasteiger partial charge is 0.491 e. The quantitative estimate of drug-likeness (QED) is 0.847. The highest BCUT2D eigenvalue weighted by Gasteiger charge is 2.23. The molecule has 0 spiro atoms. The van der Waals surface area contributed by atoms with Crippen molar-refractivity contribution in [2.45, 2.75) is 39.9 Å². The highest BCUT2D eigenvalue weighted by Crippen LogP contribution is 2.32. The van der Waals surface area contributed by atoms with Crippen LogP contribution < -0.4 is 10.1 Å². The Hall–Kier alpha value is -1.10. The van der Waals surface area contributed by atoms with Gasteiger partial charge in [-0.25, -0.2) is 0 Å². The Labute approximate surface area is 134 Å². The fraction of sp³-hybridized carbons (Fsp3) is 0.667. The summed E-state index contributed by atoms with van der Waals surface area (Å²) in [6, 6.07) is 6.07. The molecule has 0 radical (unpaired) electrons. The number of ether oxygens (including phenoxy) is 1. The lowest BCUT2D eigenvalue weighted by Gasteiger charge is -2.32. The Morgan fingerprint density at radius 2 is 1.91 bits per heavy atom. The number of aryl methyl sites for hydroxylation is 1. The number of aliphatic hydroxyl groups excluding tert-OH is 1. The Bertz CT molecular complexity index is 470. The third kappa shape index (κ3) is 4.70. The number of hydrogen-bond donors (Lipinski definition) is 2. The molecule has 2 unspecified atom stereocenters. The molecule has 2 N–H and O–H groups in total. The second-order valence-corrected chi connectivity index (χ2v) is 6.68. The summed E-state index contributed by atoms with van der Waals surface area (Å²) in [5.41, 5.74) is 2.07. The van der Waals surface area contributed by atoms with Crippen LogP contribution in [0.5, 0.6) is 5.75 Å². The van der Waals surface area contributed by atoms with Crippen LogP contribution in [0.1, 0.15) is 38.0 Å². The van der Waals surface area contributed by atoms with E-state index < -0.39 is 6.10 Å². The molecule has 1 aliphatic rings. The smallest absolute Gasteiger partial charge is 0.125 e. The van der Waals surface area contributed by atoms with Gasteiger partial charge < -0.3 is 20.1 Å². The summed E-state index contributed by atoms with van der Waals surface area (Å²) in [6.45, 7) is 13.3. The van der Waals surface area contributed by atoms with Gasteiger partial charge in [0.05, 0.1) is 12.2 Å². The lowest BCUT2D eigenvalue weighted by atomic mass is 9.94. The van der Waals surface area contributed by atoms with Crippen LogP contribution in [0.2, 0.25) is 0 Å². The molecule has 1 aliphatic heterocycles. The number of nitrogens with one attached hydrogen (secondary N) is 1. The van der Waals surface area contributed by atoms with Gasteiger partial charge in [-0.1, -0.05) is 18.6 Å². The van der Waals surface area contributed by atoms with E-state index in [0.29, 0.717) is 0 Å². The summed E-state index contributed by atoms with van der Waals surface area (Å²) in [4.78, 5) is 2.42. The second kappa shape index (κ2) is 7.95. The zero-order valence-electron chi connectivity index (χ0n) is 14.3. The molecule has 0 bridgehead atoms. The number of benzene rings is 1. The third-order valence-corrected chi connectivity index (χ3v) is 4.14. The van der Waals surface area contributed by atoms with Crippen molar-refractivity contribution in [2.24, 2.45) is 5.92 Å². The van der Waals surface area contributed by atoms with Crippen molar-refractivity contribution in [3.8, 4) is 5.75 Å². The highest BCUT2D eigenvalue weighted by molar-refractivity contribution is 5.39. The molecule has 0 saturated carbocycles. The molecule has 1 heterocycles. The summed E-state index contributed by atoms with van der Waals surface area (Å²) in [6.07, 6.45) is -0.388. The van der Waals surface area contributed by atoms with Gasteiger partial charge in [0.1, 0.15) is 5.75 Å². The Morgan fingerprint density at radius 3 is 2.55 bits per heavy atom. The molecule has 1 saturated heterocycles. The molecule has 1 fully saturated rings. The van der Waals surface area contributed by atoms with Crippen molar-refractivity contribution in [3.05, 3.63) is 29.3 Å². The third-order valence-electron chi connectivity index (χ3n) is 4.14. The average molecular weight is 306 g/mol. The summed E-state index contributed by atoms with van der Waals surface area (Å²) in [7, 11) is 0. The molecule has 0 aromatic heterocycles. The number of aliphatic hydroxyl groups is 1. The van der Waals surface area contributed by atoms with Gasteiger partial charge >= 0.3 is 0 Å². The summed E-state index contributed by atoms with van der Waals surface area (Å²) >= 11 is 0. The van der Waals surface area contributed by atoms with Gasteiger partial charge in [0.25, 0.3) is 0 Å². The zero-order chi connectivity index (χ0) is 16.1. The molecule has 4 nitrogen and oxygen atoms in total. The van der Waals surface area contributed by atoms with Crippen LogP contribution >= 0.6 is 0 Å². The zero-order valence-corrected chi connectivity index (χ0v) is 14.3. The van der Waals surface area contributed by atoms with Crippen LogP contribution in [0, 0.1) is 12.8 Å². The minimum Gasteiger partial charge on any atom is -0.491 e. The van der Waals surface area contributed by atoms with Crippen molar-refractivity contribution in [3.63, 3.8) is 0 Å². The molecular formula is C18H30N2O2. The van der Waals surface area contributed by atoms with Gasteiger partial charge in [0.2, 0.25) is 0 Å². The predicted octanol–water partition coefficient (Wildman–Crippen LogP) is 2.36. The number of hydrogen-bond acceptors (Lipinski definition) is 4. The summed E-state index contributed by atoms with van der Waals surface area (Å²) in [5, 5.41) is 14.2. The number of nitrogens with zero attached hydrogens (tertiary/aromatic N) is 1. The van der Waals surface area contributed by atoms with Crippen molar-refractivity contribution in [2.75, 3.05) is 32.7 Å². The van der Waals surface area contributed by atoms with E-state index in [9.17, 15) is 5.11 Å². The van der Waals surface area contributed by atoms with Crippen LogP contribution in [-0.2, 0) is 0 Å². The van der Waals surface area contributed by atoms with Crippen molar-refractivity contribution < 1.29 is 9.84 Å². The topological polar surface area (TPSA) is 44.7 Å². The SMILES string of the molecule is Cc1ccc(OC(C)C)c(C(O)C(C)CN2CCNCC2)c1. The van der Waals surface area contributed by atoms with E-state index in [1.54, 1.807) is 0 Å². The second-order valence-electron chi connectivity index (χ2n) is 6.68. The fourth-order valence-electron chi connectivity index (χ4n) is 2.97. The first-order valence-corrected chi connectivity index (χ1v) is 8.35. The molecule has 2 rings (SSSR count). The molecule has 0 amide bonds. The van der Waals surface area contributed by atoms with Crippen LogP contribution in [-0.4, -0.2) is 48.8 Å². The van der Waals surface area contributed by atoms with E-state index >= 15 is 0 Å². The summed E-state index contributed by atoms with van der Waals surface area (Å²) in [5.74, 6) is 0.981. The monoisotopic (exact) mass is 306 g/mol. The Morgan fingerprint density at radius 1 is 1.23 bits per heavy atom. The predicted molar refractivity (Wildman–Crippen MR) is 90.4 cm³/mol. The minimum atomic E-state index is -0.497. The van der Waals surface area contributed by atoms with Gasteiger partial charge in [-0.3, -0.25) is 0 Å². The maximum absolute atomic E-state index is 10.8. The van der Waals surface area contributed by atoms with E-state index in [4.69, 9.17) is 4.74 Å². The highest BCUT2D eigenvalue weighted by atomic mass is 16.5. The van der Waals surface area contributed by atoms with Crippen molar-refractivity contribution in [1.82, 2.24) is 10.2 Å². The summed E-state index contributed by atoms with van der Waals surface area (Å²) < 4.78 is 5.88. The number of rotatable bonds is 6. The standard InChI is InChI=1S/C18H30N2O2/c1-13(2)22-17-6-5-14(3)11-16(17)18(21)15(4)12-20-9-7-19-8-10-20/h5-6,11,13,15,18-19,21H,7-10,12H2,1-4H3. The Balaban J connectivity index is 2.09. The van der Waals surface area contributed by atoms with Crippen LogP contribution in [0.25, 0.3) is 0 Å². The normalized spacial score (nSPS) is 19.2. The lowest BCUT2D eigenvalue weighted by Crippen LogP contribution is -2.45. The van der Waals surface area contributed by atoms with E-state index in [0.717, 1.165) is 49.6 Å². The number of piperazine rings is 1. The van der Waals surface area contributed by atoms with Gasteiger partial charge in [-0.15, -0.1) is 0 Å². The first-order valence-electron chi connectivity index (χ1n) is 8.35. The van der Waals surface area contributed by atoms with Gasteiger partial charge in [-0.2, -0.15) is 0 Å². The molecule has 1 aromatic rings. The first-order chi connectivity index (χ1) is 10.5. The van der Waals surface area contributed by atoms with E-state index in [1.807, 2.05) is 26.0 Å². The molecule has 22 heavy (non-hydrogen) atoms. The Kier molecular flexibility index (Phi) is 6.24. The minimum absolute atomic E-state index is 0.108. The lowest BCUT2D eigenvalue weighted by molar-refractivity contribution is 0.0803. The van der Waals surface area contributed by atoms with E-state index in [1.165, 1.54) is 0 Å². The van der Waals surface area contributed by atoms with Crippen molar-refractivity contribution >= 4 is 0 Å². The molecule has 4 heteroatoms. The van der Waals surface area contributed by atoms with Crippen LogP contribution in [0.3, 0.4) is 0 Å². The van der Waals surface area contributed by atoms with Gasteiger partial charge in [0.15, 0.2) is 0 Å². The van der Waals surface area contributed by atoms with Crippen LogP contribution in [0.15, 0.2) is 18.2 Å². The molecule has 2 atom stereocenters. The molecule has 124 valence electrons. The van der Waals surface area contributed by atoms with E-state index in [-0.39, 0.29) is 12.0 Å². The van der Waals surface area contributed by atoms with Gasteiger partial charge in [0, 0.05) is 38.3 Å². The maximum atomic E-state index is 10.8. The average Bonchev–Trinajstić information content (AvgIpc) is 2.49. The maximum Gasteiger partial charge on any atom is 0.125 e. The fourth-order valence-corrected chi connectivity index (χ4v) is 2.97.